The van der Waals surface area contributed by atoms with Gasteiger partial charge < -0.3 is 20.7 Å². The monoisotopic (exact) mass is 375 g/mol. The van der Waals surface area contributed by atoms with Gasteiger partial charge in [-0.3, -0.25) is 4.79 Å². The van der Waals surface area contributed by atoms with Gasteiger partial charge in [-0.15, -0.1) is 12.4 Å². The Morgan fingerprint density at radius 1 is 1.19 bits per heavy atom. The maximum absolute atomic E-state index is 12.5. The van der Waals surface area contributed by atoms with Crippen molar-refractivity contribution in [3.8, 4) is 5.75 Å². The van der Waals surface area contributed by atoms with E-state index in [4.69, 9.17) is 4.74 Å². The molecule has 0 aliphatic carbocycles. The van der Waals surface area contributed by atoms with E-state index in [1.807, 2.05) is 48.5 Å². The molecule has 1 aliphatic heterocycles. The van der Waals surface area contributed by atoms with Crippen LogP contribution in [0, 0.1) is 5.92 Å². The van der Waals surface area contributed by atoms with Gasteiger partial charge in [-0.05, 0) is 68.2 Å². The van der Waals surface area contributed by atoms with Crippen LogP contribution in [-0.4, -0.2) is 32.7 Å². The van der Waals surface area contributed by atoms with Gasteiger partial charge in [0.2, 0.25) is 0 Å². The van der Waals surface area contributed by atoms with Crippen molar-refractivity contribution in [3.63, 3.8) is 0 Å². The first kappa shape index (κ1) is 20.1. The second kappa shape index (κ2) is 10.0. The summed E-state index contributed by atoms with van der Waals surface area (Å²) in [6.45, 7) is 2.86. The minimum Gasteiger partial charge on any atom is -0.497 e. The van der Waals surface area contributed by atoms with Gasteiger partial charge in [-0.1, -0.05) is 12.1 Å². The van der Waals surface area contributed by atoms with E-state index in [1.165, 1.54) is 6.42 Å². The fraction of sp³-hybridized carbons (Fsp3) is 0.350. The lowest BCUT2D eigenvalue weighted by Crippen LogP contribution is -2.27. The Morgan fingerprint density at radius 3 is 2.65 bits per heavy atom. The summed E-state index contributed by atoms with van der Waals surface area (Å²) in [7, 11) is 1.64. The van der Waals surface area contributed by atoms with Crippen molar-refractivity contribution in [1.29, 1.82) is 0 Å². The number of carbonyl (C=O) groups excluding carboxylic acids is 1. The Hall–Kier alpha value is -2.24. The zero-order chi connectivity index (χ0) is 17.5. The molecule has 0 aromatic heterocycles. The fourth-order valence-electron chi connectivity index (χ4n) is 3.07. The minimum absolute atomic E-state index is 0. The third kappa shape index (κ3) is 5.38. The zero-order valence-corrected chi connectivity index (χ0v) is 15.8. The molecule has 1 heterocycles. The molecular weight excluding hydrogens is 350 g/mol. The van der Waals surface area contributed by atoms with Crippen LogP contribution >= 0.6 is 12.4 Å². The van der Waals surface area contributed by atoms with E-state index in [0.29, 0.717) is 18.0 Å². The first-order chi connectivity index (χ1) is 12.3. The van der Waals surface area contributed by atoms with Crippen molar-refractivity contribution in [3.05, 3.63) is 54.1 Å². The fourth-order valence-corrected chi connectivity index (χ4v) is 3.07. The van der Waals surface area contributed by atoms with Gasteiger partial charge in [0.15, 0.2) is 0 Å². The van der Waals surface area contributed by atoms with E-state index < -0.39 is 0 Å². The molecule has 5 nitrogen and oxygen atoms in total. The summed E-state index contributed by atoms with van der Waals surface area (Å²) in [5.74, 6) is 1.44. The molecule has 1 amide bonds. The molecule has 1 fully saturated rings. The van der Waals surface area contributed by atoms with E-state index in [2.05, 4.69) is 16.0 Å². The van der Waals surface area contributed by atoms with Crippen molar-refractivity contribution in [1.82, 2.24) is 10.6 Å². The topological polar surface area (TPSA) is 62.4 Å². The Kier molecular flexibility index (Phi) is 7.75. The molecule has 3 rings (SSSR count). The average Bonchev–Trinajstić information content (AvgIpc) is 3.16. The SMILES string of the molecule is COc1ccc(Nc2ccccc2C(=O)NCCC2CCNC2)cc1.Cl. The molecule has 140 valence electrons. The zero-order valence-electron chi connectivity index (χ0n) is 15.0. The van der Waals surface area contributed by atoms with Crippen LogP contribution in [-0.2, 0) is 0 Å². The second-order valence-electron chi connectivity index (χ2n) is 6.30. The molecule has 0 radical (unpaired) electrons. The molecule has 2 aromatic rings. The summed E-state index contributed by atoms with van der Waals surface area (Å²) in [5.41, 5.74) is 2.37. The highest BCUT2D eigenvalue weighted by Crippen LogP contribution is 2.23. The molecule has 26 heavy (non-hydrogen) atoms. The van der Waals surface area contributed by atoms with Crippen LogP contribution in [0.4, 0.5) is 11.4 Å². The molecule has 3 N–H and O–H groups in total. The number of benzene rings is 2. The lowest BCUT2D eigenvalue weighted by molar-refractivity contribution is 0.0952. The molecule has 6 heteroatoms. The number of para-hydroxylation sites is 1. The molecule has 1 atom stereocenters. The van der Waals surface area contributed by atoms with Gasteiger partial charge in [0.05, 0.1) is 18.4 Å². The molecule has 1 saturated heterocycles. The molecule has 1 aliphatic rings. The number of hydrogen-bond acceptors (Lipinski definition) is 4. The third-order valence-corrected chi connectivity index (χ3v) is 4.54. The quantitative estimate of drug-likeness (QED) is 0.692. The number of anilines is 2. The van der Waals surface area contributed by atoms with E-state index in [1.54, 1.807) is 7.11 Å². The molecule has 0 saturated carbocycles. The van der Waals surface area contributed by atoms with Gasteiger partial charge in [-0.25, -0.2) is 0 Å². The smallest absolute Gasteiger partial charge is 0.253 e. The van der Waals surface area contributed by atoms with Crippen LogP contribution in [0.1, 0.15) is 23.2 Å². The van der Waals surface area contributed by atoms with E-state index in [9.17, 15) is 4.79 Å². The van der Waals surface area contributed by atoms with E-state index in [-0.39, 0.29) is 18.3 Å². The predicted molar refractivity (Wildman–Crippen MR) is 108 cm³/mol. The van der Waals surface area contributed by atoms with Crippen molar-refractivity contribution in [2.75, 3.05) is 32.1 Å². The maximum atomic E-state index is 12.5. The molecule has 1 unspecified atom stereocenters. The summed E-state index contributed by atoms with van der Waals surface area (Å²) < 4.78 is 5.17. The van der Waals surface area contributed by atoms with Crippen LogP contribution in [0.2, 0.25) is 0 Å². The Labute approximate surface area is 160 Å². The molecular formula is C20H26ClN3O2. The van der Waals surface area contributed by atoms with Crippen molar-refractivity contribution < 1.29 is 9.53 Å². The minimum atomic E-state index is -0.0393. The molecule has 0 bridgehead atoms. The van der Waals surface area contributed by atoms with Crippen LogP contribution in [0.25, 0.3) is 0 Å². The predicted octanol–water partition coefficient (Wildman–Crippen LogP) is 3.59. The molecule has 2 aromatic carbocycles. The Morgan fingerprint density at radius 2 is 1.96 bits per heavy atom. The summed E-state index contributed by atoms with van der Waals surface area (Å²) >= 11 is 0. The highest BCUT2D eigenvalue weighted by atomic mass is 35.5. The summed E-state index contributed by atoms with van der Waals surface area (Å²) in [4.78, 5) is 12.5. The lowest BCUT2D eigenvalue weighted by Gasteiger charge is -2.13. The third-order valence-electron chi connectivity index (χ3n) is 4.54. The Bertz CT molecular complexity index is 700. The Balaban J connectivity index is 0.00000243. The van der Waals surface area contributed by atoms with Crippen molar-refractivity contribution in [2.45, 2.75) is 12.8 Å². The maximum Gasteiger partial charge on any atom is 0.253 e. The average molecular weight is 376 g/mol. The van der Waals surface area contributed by atoms with Crippen LogP contribution in [0.3, 0.4) is 0 Å². The first-order valence-corrected chi connectivity index (χ1v) is 8.75. The normalized spacial score (nSPS) is 15.8. The largest absolute Gasteiger partial charge is 0.497 e. The van der Waals surface area contributed by atoms with Gasteiger partial charge in [0.25, 0.3) is 5.91 Å². The number of carbonyl (C=O) groups is 1. The summed E-state index contributed by atoms with van der Waals surface area (Å²) in [5, 5.41) is 9.71. The number of amides is 1. The number of halogens is 1. The van der Waals surface area contributed by atoms with E-state index >= 15 is 0 Å². The number of hydrogen-bond donors (Lipinski definition) is 3. The number of nitrogens with one attached hydrogen (secondary N) is 3. The second-order valence-corrected chi connectivity index (χ2v) is 6.30. The highest BCUT2D eigenvalue weighted by molar-refractivity contribution is 6.00. The number of rotatable bonds is 7. The summed E-state index contributed by atoms with van der Waals surface area (Å²) in [6, 6.07) is 15.2. The van der Waals surface area contributed by atoms with Gasteiger partial charge in [0, 0.05) is 12.2 Å². The number of methoxy groups -OCH3 is 1. The molecule has 0 spiro atoms. The summed E-state index contributed by atoms with van der Waals surface area (Å²) in [6.07, 6.45) is 2.22. The van der Waals surface area contributed by atoms with Crippen LogP contribution in [0.15, 0.2) is 48.5 Å². The highest BCUT2D eigenvalue weighted by Gasteiger charge is 2.15. The van der Waals surface area contributed by atoms with Crippen molar-refractivity contribution in [2.24, 2.45) is 5.92 Å². The standard InChI is InChI=1S/C20H25N3O2.ClH/c1-25-17-8-6-16(7-9-17)23-19-5-3-2-4-18(19)20(24)22-13-11-15-10-12-21-14-15;/h2-9,15,21,23H,10-14H2,1H3,(H,22,24);1H. The van der Waals surface area contributed by atoms with Gasteiger partial charge in [-0.2, -0.15) is 0 Å². The van der Waals surface area contributed by atoms with Crippen molar-refractivity contribution >= 4 is 29.7 Å². The van der Waals surface area contributed by atoms with Crippen LogP contribution in [0.5, 0.6) is 5.75 Å². The van der Waals surface area contributed by atoms with E-state index in [0.717, 1.165) is 36.6 Å². The first-order valence-electron chi connectivity index (χ1n) is 8.75. The lowest BCUT2D eigenvalue weighted by atomic mass is 10.1. The number of ether oxygens (including phenoxy) is 1. The van der Waals surface area contributed by atoms with Gasteiger partial charge >= 0.3 is 0 Å². The van der Waals surface area contributed by atoms with Gasteiger partial charge in [0.1, 0.15) is 5.75 Å². The van der Waals surface area contributed by atoms with Crippen LogP contribution < -0.4 is 20.7 Å².